The van der Waals surface area contributed by atoms with Gasteiger partial charge in [-0.05, 0) is 36.4 Å². The summed E-state index contributed by atoms with van der Waals surface area (Å²) in [6.07, 6.45) is 2.84. The molecule has 3 rings (SSSR count). The van der Waals surface area contributed by atoms with Gasteiger partial charge in [-0.3, -0.25) is 4.98 Å². The number of rotatable bonds is 5. The molecule has 0 aliphatic carbocycles. The highest BCUT2D eigenvalue weighted by Crippen LogP contribution is 2.21. The maximum absolute atomic E-state index is 5.76. The number of anilines is 3. The molecular formula is C18H24N4O. The molecule has 1 aliphatic rings. The molecule has 1 aromatic heterocycles. The average Bonchev–Trinajstić information content (AvgIpc) is 2.61. The van der Waals surface area contributed by atoms with Gasteiger partial charge in [0.25, 0.3) is 0 Å². The highest BCUT2D eigenvalue weighted by atomic mass is 16.5. The molecule has 0 unspecified atom stereocenters. The number of ether oxygens (including phenoxy) is 1. The fourth-order valence-corrected chi connectivity index (χ4v) is 2.87. The number of hydrogen-bond acceptors (Lipinski definition) is 5. The van der Waals surface area contributed by atoms with Crippen molar-refractivity contribution in [2.24, 2.45) is 0 Å². The van der Waals surface area contributed by atoms with Crippen LogP contribution in [-0.2, 0) is 11.2 Å². The van der Waals surface area contributed by atoms with Crippen LogP contribution in [0.15, 0.2) is 42.6 Å². The molecule has 1 fully saturated rings. The van der Waals surface area contributed by atoms with Crippen LogP contribution in [0.1, 0.15) is 5.69 Å². The van der Waals surface area contributed by atoms with Gasteiger partial charge in [0.1, 0.15) is 0 Å². The first-order valence-electron chi connectivity index (χ1n) is 8.05. The van der Waals surface area contributed by atoms with E-state index >= 15 is 0 Å². The fourth-order valence-electron chi connectivity index (χ4n) is 2.87. The third-order valence-corrected chi connectivity index (χ3v) is 4.27. The van der Waals surface area contributed by atoms with Crippen molar-refractivity contribution in [3.05, 3.63) is 48.3 Å². The highest BCUT2D eigenvalue weighted by molar-refractivity contribution is 5.55. The van der Waals surface area contributed by atoms with Gasteiger partial charge >= 0.3 is 0 Å². The number of nitrogens with two attached hydrogens (primary N) is 1. The van der Waals surface area contributed by atoms with Gasteiger partial charge in [-0.1, -0.05) is 0 Å². The minimum Gasteiger partial charge on any atom is -0.399 e. The van der Waals surface area contributed by atoms with Crippen LogP contribution in [0.4, 0.5) is 17.1 Å². The third kappa shape index (κ3) is 3.93. The molecule has 5 heteroatoms. The van der Waals surface area contributed by atoms with E-state index < -0.39 is 0 Å². The Morgan fingerprint density at radius 3 is 2.13 bits per heavy atom. The van der Waals surface area contributed by atoms with Crippen LogP contribution in [0.2, 0.25) is 0 Å². The van der Waals surface area contributed by atoms with Crippen molar-refractivity contribution in [1.82, 2.24) is 4.98 Å². The number of methoxy groups -OCH3 is 1. The summed E-state index contributed by atoms with van der Waals surface area (Å²) in [6, 6.07) is 12.4. The maximum Gasteiger partial charge on any atom is 0.0554 e. The van der Waals surface area contributed by atoms with E-state index in [1.165, 1.54) is 11.4 Å². The van der Waals surface area contributed by atoms with Crippen LogP contribution in [0, 0.1) is 0 Å². The minimum absolute atomic E-state index is 0.715. The number of pyridine rings is 1. The van der Waals surface area contributed by atoms with Crippen molar-refractivity contribution in [1.29, 1.82) is 0 Å². The molecule has 0 spiro atoms. The maximum atomic E-state index is 5.76. The Balaban J connectivity index is 1.57. The lowest BCUT2D eigenvalue weighted by Crippen LogP contribution is -2.46. The average molecular weight is 312 g/mol. The largest absolute Gasteiger partial charge is 0.399 e. The smallest absolute Gasteiger partial charge is 0.0554 e. The Morgan fingerprint density at radius 1 is 0.957 bits per heavy atom. The van der Waals surface area contributed by atoms with Gasteiger partial charge in [0.05, 0.1) is 18.5 Å². The van der Waals surface area contributed by atoms with E-state index in [0.29, 0.717) is 6.61 Å². The zero-order valence-corrected chi connectivity index (χ0v) is 13.6. The van der Waals surface area contributed by atoms with E-state index in [1.54, 1.807) is 7.11 Å². The minimum atomic E-state index is 0.715. The van der Waals surface area contributed by atoms with Crippen LogP contribution in [0.25, 0.3) is 0 Å². The van der Waals surface area contributed by atoms with Gasteiger partial charge in [0.2, 0.25) is 0 Å². The molecule has 23 heavy (non-hydrogen) atoms. The number of aromatic nitrogens is 1. The van der Waals surface area contributed by atoms with E-state index in [2.05, 4.69) is 39.0 Å². The number of nitrogen functional groups attached to an aromatic ring is 1. The topological polar surface area (TPSA) is 54.6 Å². The van der Waals surface area contributed by atoms with Crippen molar-refractivity contribution in [2.45, 2.75) is 6.42 Å². The number of benzene rings is 1. The zero-order chi connectivity index (χ0) is 16.1. The van der Waals surface area contributed by atoms with E-state index in [-0.39, 0.29) is 0 Å². The molecule has 2 N–H and O–H groups in total. The summed E-state index contributed by atoms with van der Waals surface area (Å²) in [5.41, 5.74) is 10.1. The predicted octanol–water partition coefficient (Wildman–Crippen LogP) is 2.18. The normalized spacial score (nSPS) is 15.0. The first kappa shape index (κ1) is 15.6. The monoisotopic (exact) mass is 312 g/mol. The van der Waals surface area contributed by atoms with E-state index in [0.717, 1.165) is 44.0 Å². The van der Waals surface area contributed by atoms with Gasteiger partial charge < -0.3 is 20.3 Å². The van der Waals surface area contributed by atoms with Crippen molar-refractivity contribution < 1.29 is 4.74 Å². The Hall–Kier alpha value is -2.27. The lowest BCUT2D eigenvalue weighted by Gasteiger charge is -2.37. The molecular weight excluding hydrogens is 288 g/mol. The molecule has 0 bridgehead atoms. The predicted molar refractivity (Wildman–Crippen MR) is 95.1 cm³/mol. The van der Waals surface area contributed by atoms with Crippen LogP contribution < -0.4 is 15.5 Å². The highest BCUT2D eigenvalue weighted by Gasteiger charge is 2.17. The Labute approximate surface area is 137 Å². The summed E-state index contributed by atoms with van der Waals surface area (Å²) in [6.45, 7) is 4.74. The second kappa shape index (κ2) is 7.33. The van der Waals surface area contributed by atoms with Gasteiger partial charge in [-0.25, -0.2) is 0 Å². The molecule has 122 valence electrons. The molecule has 1 saturated heterocycles. The molecule has 0 amide bonds. The molecule has 0 radical (unpaired) electrons. The first-order valence-corrected chi connectivity index (χ1v) is 8.05. The van der Waals surface area contributed by atoms with E-state index in [4.69, 9.17) is 10.5 Å². The SMILES string of the molecule is COCCc1ccc(N2CCN(c3ccc(N)cc3)CC2)cn1. The van der Waals surface area contributed by atoms with Crippen LogP contribution >= 0.6 is 0 Å². The Morgan fingerprint density at radius 2 is 1.57 bits per heavy atom. The summed E-state index contributed by atoms with van der Waals surface area (Å²) >= 11 is 0. The number of nitrogens with zero attached hydrogens (tertiary/aromatic N) is 3. The van der Waals surface area contributed by atoms with Gasteiger partial charge in [0.15, 0.2) is 0 Å². The molecule has 2 aromatic rings. The summed E-state index contributed by atoms with van der Waals surface area (Å²) < 4.78 is 5.09. The zero-order valence-electron chi connectivity index (χ0n) is 13.6. The second-order valence-corrected chi connectivity index (χ2v) is 5.82. The molecule has 0 atom stereocenters. The summed E-state index contributed by atoms with van der Waals surface area (Å²) in [5.74, 6) is 0. The third-order valence-electron chi connectivity index (χ3n) is 4.27. The molecule has 2 heterocycles. The summed E-state index contributed by atoms with van der Waals surface area (Å²) in [5, 5.41) is 0. The van der Waals surface area contributed by atoms with Crippen molar-refractivity contribution in [2.75, 3.05) is 55.4 Å². The molecule has 5 nitrogen and oxygen atoms in total. The van der Waals surface area contributed by atoms with E-state index in [1.807, 2.05) is 18.3 Å². The van der Waals surface area contributed by atoms with E-state index in [9.17, 15) is 0 Å². The first-order chi connectivity index (χ1) is 11.3. The lowest BCUT2D eigenvalue weighted by atomic mass is 10.2. The van der Waals surface area contributed by atoms with Crippen LogP contribution in [-0.4, -0.2) is 44.9 Å². The van der Waals surface area contributed by atoms with Crippen LogP contribution in [0.3, 0.4) is 0 Å². The van der Waals surface area contributed by atoms with Gasteiger partial charge in [-0.2, -0.15) is 0 Å². The number of piperazine rings is 1. The standard InChI is InChI=1S/C18H24N4O/c1-23-13-8-16-4-7-18(14-20-16)22-11-9-21(10-12-22)17-5-2-15(19)3-6-17/h2-7,14H,8-13,19H2,1H3. The van der Waals surface area contributed by atoms with Crippen LogP contribution in [0.5, 0.6) is 0 Å². The van der Waals surface area contributed by atoms with Crippen molar-refractivity contribution in [3.63, 3.8) is 0 Å². The molecule has 1 aliphatic heterocycles. The number of hydrogen-bond donors (Lipinski definition) is 1. The quantitative estimate of drug-likeness (QED) is 0.858. The molecule has 1 aromatic carbocycles. The Bertz CT molecular complexity index is 604. The fraction of sp³-hybridized carbons (Fsp3) is 0.389. The van der Waals surface area contributed by atoms with Gasteiger partial charge in [0, 0.05) is 56.8 Å². The summed E-state index contributed by atoms with van der Waals surface area (Å²) in [7, 11) is 1.72. The summed E-state index contributed by atoms with van der Waals surface area (Å²) in [4.78, 5) is 9.32. The Kier molecular flexibility index (Phi) is 4.98. The second-order valence-electron chi connectivity index (χ2n) is 5.82. The van der Waals surface area contributed by atoms with Crippen molar-refractivity contribution in [3.8, 4) is 0 Å². The molecule has 0 saturated carbocycles. The van der Waals surface area contributed by atoms with Crippen molar-refractivity contribution >= 4 is 17.1 Å². The lowest BCUT2D eigenvalue weighted by molar-refractivity contribution is 0.201. The van der Waals surface area contributed by atoms with Gasteiger partial charge in [-0.15, -0.1) is 0 Å².